The summed E-state index contributed by atoms with van der Waals surface area (Å²) in [6.07, 6.45) is 1.88. The molecule has 0 aliphatic rings. The van der Waals surface area contributed by atoms with E-state index in [0.717, 1.165) is 29.5 Å². The minimum atomic E-state index is -0.247. The van der Waals surface area contributed by atoms with Crippen LogP contribution >= 0.6 is 0 Å². The Hall–Kier alpha value is -3.74. The lowest BCUT2D eigenvalue weighted by molar-refractivity contribution is 0.102. The van der Waals surface area contributed by atoms with E-state index in [9.17, 15) is 9.59 Å². The van der Waals surface area contributed by atoms with Crippen LogP contribution in [0.5, 0.6) is 0 Å². The van der Waals surface area contributed by atoms with Gasteiger partial charge >= 0.3 is 0 Å². The molecular formula is C22H21N5O2. The van der Waals surface area contributed by atoms with Crippen molar-refractivity contribution in [3.05, 3.63) is 76.3 Å². The molecule has 0 saturated heterocycles. The molecular weight excluding hydrogens is 366 g/mol. The molecule has 0 unspecified atom stereocenters. The van der Waals surface area contributed by atoms with Gasteiger partial charge in [-0.15, -0.1) is 0 Å². The minimum Gasteiger partial charge on any atom is -0.321 e. The topological polar surface area (TPSA) is 92.7 Å². The quantitative estimate of drug-likeness (QED) is 0.548. The average molecular weight is 387 g/mol. The van der Waals surface area contributed by atoms with Crippen LogP contribution in [-0.4, -0.2) is 25.9 Å². The molecule has 0 radical (unpaired) electrons. The Morgan fingerprint density at radius 1 is 1.10 bits per heavy atom. The number of anilines is 1. The summed E-state index contributed by atoms with van der Waals surface area (Å²) in [6, 6.07) is 16.5. The maximum absolute atomic E-state index is 12.5. The number of hydrogen-bond donors (Lipinski definition) is 2. The van der Waals surface area contributed by atoms with Crippen molar-refractivity contribution in [1.82, 2.24) is 20.0 Å². The molecule has 0 bridgehead atoms. The van der Waals surface area contributed by atoms with Gasteiger partial charge in [-0.2, -0.15) is 10.2 Å². The van der Waals surface area contributed by atoms with Crippen molar-refractivity contribution in [2.75, 3.05) is 5.32 Å². The van der Waals surface area contributed by atoms with E-state index in [1.807, 2.05) is 55.6 Å². The lowest BCUT2D eigenvalue weighted by Crippen LogP contribution is -2.13. The minimum absolute atomic E-state index is 0.217. The number of aryl methyl sites for hydroxylation is 2. The second kappa shape index (κ2) is 7.71. The van der Waals surface area contributed by atoms with Gasteiger partial charge in [-0.25, -0.2) is 5.10 Å². The maximum atomic E-state index is 12.5. The molecule has 4 aromatic rings. The molecule has 1 amide bonds. The third-order valence-electron chi connectivity index (χ3n) is 4.83. The Morgan fingerprint density at radius 3 is 2.55 bits per heavy atom. The van der Waals surface area contributed by atoms with Crippen molar-refractivity contribution in [3.8, 4) is 11.3 Å². The first-order valence-electron chi connectivity index (χ1n) is 9.49. The van der Waals surface area contributed by atoms with Crippen molar-refractivity contribution < 1.29 is 4.79 Å². The van der Waals surface area contributed by atoms with E-state index in [4.69, 9.17) is 0 Å². The van der Waals surface area contributed by atoms with Gasteiger partial charge in [0.2, 0.25) is 0 Å². The van der Waals surface area contributed by atoms with E-state index >= 15 is 0 Å². The van der Waals surface area contributed by atoms with Crippen molar-refractivity contribution >= 4 is 22.4 Å². The molecule has 146 valence electrons. The largest absolute Gasteiger partial charge is 0.321 e. The second-order valence-electron chi connectivity index (χ2n) is 6.87. The molecule has 0 aliphatic carbocycles. The van der Waals surface area contributed by atoms with E-state index in [1.54, 1.807) is 10.7 Å². The lowest BCUT2D eigenvalue weighted by atomic mass is 10.0. The Labute approximate surface area is 167 Å². The van der Waals surface area contributed by atoms with Crippen LogP contribution in [0.25, 0.3) is 22.0 Å². The van der Waals surface area contributed by atoms with Crippen molar-refractivity contribution in [1.29, 1.82) is 0 Å². The van der Waals surface area contributed by atoms with Gasteiger partial charge in [0.15, 0.2) is 5.69 Å². The van der Waals surface area contributed by atoms with Crippen molar-refractivity contribution in [2.45, 2.75) is 19.8 Å². The highest BCUT2D eigenvalue weighted by atomic mass is 16.2. The van der Waals surface area contributed by atoms with E-state index < -0.39 is 0 Å². The number of fused-ring (bicyclic) bond motifs is 1. The molecule has 29 heavy (non-hydrogen) atoms. The van der Waals surface area contributed by atoms with Crippen molar-refractivity contribution in [3.63, 3.8) is 0 Å². The first kappa shape index (κ1) is 18.6. The van der Waals surface area contributed by atoms with Crippen LogP contribution in [0.4, 0.5) is 5.69 Å². The third-order valence-corrected chi connectivity index (χ3v) is 4.83. The fourth-order valence-corrected chi connectivity index (χ4v) is 3.35. The Kier molecular flexibility index (Phi) is 4.95. The van der Waals surface area contributed by atoms with Gasteiger partial charge < -0.3 is 5.32 Å². The van der Waals surface area contributed by atoms with Crippen LogP contribution in [0.15, 0.2) is 59.4 Å². The van der Waals surface area contributed by atoms with E-state index in [1.165, 1.54) is 0 Å². The number of benzene rings is 2. The van der Waals surface area contributed by atoms with E-state index in [2.05, 4.69) is 27.5 Å². The number of hydrogen-bond acceptors (Lipinski definition) is 4. The SMILES string of the molecule is CCCc1cc(C(=O)Nc2ccc(-c3n[nH]c(=O)c4ccccc34)cc2)nn1C. The monoisotopic (exact) mass is 387 g/mol. The summed E-state index contributed by atoms with van der Waals surface area (Å²) in [7, 11) is 1.85. The molecule has 0 aliphatic heterocycles. The Balaban J connectivity index is 1.57. The highest BCUT2D eigenvalue weighted by Crippen LogP contribution is 2.25. The summed E-state index contributed by atoms with van der Waals surface area (Å²) in [5.74, 6) is -0.247. The second-order valence-corrected chi connectivity index (χ2v) is 6.87. The molecule has 7 nitrogen and oxygen atoms in total. The molecule has 4 rings (SSSR count). The average Bonchev–Trinajstić information content (AvgIpc) is 3.10. The van der Waals surface area contributed by atoms with E-state index in [0.29, 0.717) is 22.5 Å². The molecule has 0 saturated carbocycles. The van der Waals surface area contributed by atoms with Crippen LogP contribution in [-0.2, 0) is 13.5 Å². The number of carbonyl (C=O) groups is 1. The molecule has 2 N–H and O–H groups in total. The molecule has 2 heterocycles. The fraction of sp³-hybridized carbons (Fsp3) is 0.182. The van der Waals surface area contributed by atoms with Gasteiger partial charge in [0.1, 0.15) is 0 Å². The zero-order valence-electron chi connectivity index (χ0n) is 16.3. The number of amides is 1. The van der Waals surface area contributed by atoms with Crippen LogP contribution < -0.4 is 10.9 Å². The summed E-state index contributed by atoms with van der Waals surface area (Å²) < 4.78 is 1.74. The van der Waals surface area contributed by atoms with Gasteiger partial charge in [0, 0.05) is 29.4 Å². The number of rotatable bonds is 5. The highest BCUT2D eigenvalue weighted by molar-refractivity contribution is 6.03. The van der Waals surface area contributed by atoms with Gasteiger partial charge in [-0.3, -0.25) is 14.3 Å². The van der Waals surface area contributed by atoms with Gasteiger partial charge in [-0.05, 0) is 30.7 Å². The maximum Gasteiger partial charge on any atom is 0.276 e. The van der Waals surface area contributed by atoms with Gasteiger partial charge in [0.25, 0.3) is 11.5 Å². The zero-order valence-corrected chi connectivity index (χ0v) is 16.3. The summed E-state index contributed by atoms with van der Waals surface area (Å²) >= 11 is 0. The highest BCUT2D eigenvalue weighted by Gasteiger charge is 2.13. The predicted octanol–water partition coefficient (Wildman–Crippen LogP) is 3.53. The number of nitrogens with one attached hydrogen (secondary N) is 2. The number of aromatic nitrogens is 4. The van der Waals surface area contributed by atoms with Crippen LogP contribution in [0.3, 0.4) is 0 Å². The summed E-state index contributed by atoms with van der Waals surface area (Å²) in [5.41, 5.74) is 3.41. The number of nitrogens with zero attached hydrogens (tertiary/aromatic N) is 3. The number of H-pyrrole nitrogens is 1. The first-order valence-corrected chi connectivity index (χ1v) is 9.49. The molecule has 0 atom stereocenters. The Bertz CT molecular complexity index is 1240. The van der Waals surface area contributed by atoms with Crippen LogP contribution in [0.1, 0.15) is 29.5 Å². The van der Waals surface area contributed by atoms with Gasteiger partial charge in [-0.1, -0.05) is 43.7 Å². The summed E-state index contributed by atoms with van der Waals surface area (Å²) in [6.45, 7) is 2.09. The standard InChI is InChI=1S/C22H21N5O2/c1-3-6-16-13-19(26-27(16)2)22(29)23-15-11-9-14(10-12-15)20-17-7-4-5-8-18(17)21(28)25-24-20/h4-5,7-13H,3,6H2,1-2H3,(H,23,29)(H,25,28). The smallest absolute Gasteiger partial charge is 0.276 e. The third kappa shape index (κ3) is 3.67. The van der Waals surface area contributed by atoms with Crippen LogP contribution in [0.2, 0.25) is 0 Å². The number of carbonyl (C=O) groups excluding carboxylic acids is 1. The number of aromatic amines is 1. The van der Waals surface area contributed by atoms with E-state index in [-0.39, 0.29) is 11.5 Å². The predicted molar refractivity (Wildman–Crippen MR) is 113 cm³/mol. The van der Waals surface area contributed by atoms with Crippen LogP contribution in [0, 0.1) is 0 Å². The Morgan fingerprint density at radius 2 is 1.83 bits per heavy atom. The lowest BCUT2D eigenvalue weighted by Gasteiger charge is -2.07. The van der Waals surface area contributed by atoms with Gasteiger partial charge in [0.05, 0.1) is 11.1 Å². The normalized spacial score (nSPS) is 11.0. The first-order chi connectivity index (χ1) is 14.1. The summed E-state index contributed by atoms with van der Waals surface area (Å²) in [5, 5.41) is 15.3. The molecule has 7 heteroatoms. The summed E-state index contributed by atoms with van der Waals surface area (Å²) in [4.78, 5) is 24.5. The zero-order chi connectivity index (χ0) is 20.4. The fourth-order valence-electron chi connectivity index (χ4n) is 3.35. The molecule has 0 fully saturated rings. The molecule has 0 spiro atoms. The molecule has 2 aromatic carbocycles. The molecule has 2 aromatic heterocycles. The van der Waals surface area contributed by atoms with Crippen molar-refractivity contribution in [2.24, 2.45) is 7.05 Å².